The van der Waals surface area contributed by atoms with Gasteiger partial charge in [-0.05, 0) is 24.6 Å². The van der Waals surface area contributed by atoms with Gasteiger partial charge in [0.1, 0.15) is 5.56 Å². The minimum absolute atomic E-state index is 0.105. The highest BCUT2D eigenvalue weighted by molar-refractivity contribution is 5.93. The maximum absolute atomic E-state index is 13.6. The lowest BCUT2D eigenvalue weighted by atomic mass is 10.1. The fraction of sp³-hybridized carbons (Fsp3) is 0.0588. The summed E-state index contributed by atoms with van der Waals surface area (Å²) in [5.41, 5.74) is 0.112. The largest absolute Gasteiger partial charge is 0.477 e. The maximum Gasteiger partial charge on any atom is 0.341 e. The second kappa shape index (κ2) is 5.31. The summed E-state index contributed by atoms with van der Waals surface area (Å²) in [5, 5.41) is 9.02. The van der Waals surface area contributed by atoms with Crippen LogP contribution in [-0.2, 0) is 0 Å². The highest BCUT2D eigenvalue weighted by Gasteiger charge is 2.18. The number of aromatic nitrogens is 1. The molecule has 3 rings (SSSR count). The minimum Gasteiger partial charge on any atom is -0.477 e. The Morgan fingerprint density at radius 1 is 1.13 bits per heavy atom. The lowest BCUT2D eigenvalue weighted by Crippen LogP contribution is -2.19. The Labute approximate surface area is 129 Å². The molecule has 0 radical (unpaired) electrons. The molecule has 4 nitrogen and oxygen atoms in total. The summed E-state index contributed by atoms with van der Waals surface area (Å²) in [7, 11) is 0. The molecule has 0 saturated carbocycles. The second-order valence-electron chi connectivity index (χ2n) is 5.12. The Kier molecular flexibility index (Phi) is 3.44. The molecule has 3 aromatic rings. The summed E-state index contributed by atoms with van der Waals surface area (Å²) in [5.74, 6) is -3.74. The van der Waals surface area contributed by atoms with Crippen LogP contribution in [0.4, 0.5) is 8.78 Å². The number of carboxylic acid groups (broad SMARTS) is 1. The average Bonchev–Trinajstić information content (AvgIpc) is 2.50. The number of halogens is 2. The van der Waals surface area contributed by atoms with Gasteiger partial charge in [0.15, 0.2) is 11.6 Å². The van der Waals surface area contributed by atoms with E-state index in [9.17, 15) is 23.5 Å². The Bertz CT molecular complexity index is 1010. The van der Waals surface area contributed by atoms with Crippen molar-refractivity contribution in [1.82, 2.24) is 4.57 Å². The predicted octanol–water partition coefficient (Wildman–Crippen LogP) is 3.28. The number of aromatic carboxylic acids is 1. The first-order valence-corrected chi connectivity index (χ1v) is 6.74. The summed E-state index contributed by atoms with van der Waals surface area (Å²) < 4.78 is 28.5. The molecule has 0 unspecified atom stereocenters. The van der Waals surface area contributed by atoms with Crippen molar-refractivity contribution in [2.45, 2.75) is 6.92 Å². The number of carboxylic acids is 1. The molecule has 0 atom stereocenters. The van der Waals surface area contributed by atoms with Crippen LogP contribution in [0.5, 0.6) is 0 Å². The van der Waals surface area contributed by atoms with Gasteiger partial charge < -0.3 is 9.67 Å². The van der Waals surface area contributed by atoms with Crippen LogP contribution < -0.4 is 5.43 Å². The molecule has 1 N–H and O–H groups in total. The van der Waals surface area contributed by atoms with E-state index in [1.807, 2.05) is 0 Å². The van der Waals surface area contributed by atoms with Crippen LogP contribution in [0, 0.1) is 18.6 Å². The summed E-state index contributed by atoms with van der Waals surface area (Å²) in [6.07, 6.45) is 1.13. The maximum atomic E-state index is 13.6. The molecule has 0 fully saturated rings. The lowest BCUT2D eigenvalue weighted by Gasteiger charge is -2.15. The summed E-state index contributed by atoms with van der Waals surface area (Å²) in [4.78, 5) is 23.5. The van der Waals surface area contributed by atoms with Gasteiger partial charge in [-0.1, -0.05) is 18.2 Å². The Hall–Kier alpha value is -3.02. The number of aryl methyl sites for hydroxylation is 1. The Morgan fingerprint density at radius 3 is 2.43 bits per heavy atom. The molecule has 23 heavy (non-hydrogen) atoms. The van der Waals surface area contributed by atoms with E-state index in [1.54, 1.807) is 31.2 Å². The van der Waals surface area contributed by atoms with Crippen LogP contribution in [0.2, 0.25) is 0 Å². The second-order valence-corrected chi connectivity index (χ2v) is 5.12. The quantitative estimate of drug-likeness (QED) is 0.789. The number of rotatable bonds is 2. The zero-order chi connectivity index (χ0) is 16.7. The van der Waals surface area contributed by atoms with Gasteiger partial charge in [0.25, 0.3) is 0 Å². The van der Waals surface area contributed by atoms with Gasteiger partial charge >= 0.3 is 5.97 Å². The van der Waals surface area contributed by atoms with Crippen molar-refractivity contribution in [2.24, 2.45) is 0 Å². The van der Waals surface area contributed by atoms with E-state index in [4.69, 9.17) is 0 Å². The molecule has 1 aromatic heterocycles. The number of hydrogen-bond donors (Lipinski definition) is 1. The predicted molar refractivity (Wildman–Crippen MR) is 81.2 cm³/mol. The first kappa shape index (κ1) is 14.9. The number of para-hydroxylation sites is 1. The van der Waals surface area contributed by atoms with E-state index in [1.165, 1.54) is 4.57 Å². The molecule has 116 valence electrons. The standard InChI is InChI=1S/C17H11F2NO3/c1-9-4-2-3-5-14(9)20-8-11(17(22)23)16(21)10-6-12(18)13(19)7-15(10)20/h2-8H,1H3,(H,22,23). The van der Waals surface area contributed by atoms with Crippen molar-refractivity contribution in [2.75, 3.05) is 0 Å². The summed E-state index contributed by atoms with van der Waals surface area (Å²) >= 11 is 0. The number of hydrogen-bond acceptors (Lipinski definition) is 2. The van der Waals surface area contributed by atoms with Crippen LogP contribution in [-0.4, -0.2) is 15.6 Å². The first-order chi connectivity index (χ1) is 10.9. The molecule has 0 aliphatic rings. The SMILES string of the molecule is Cc1ccccc1-n1cc(C(=O)O)c(=O)c2cc(F)c(F)cc21. The van der Waals surface area contributed by atoms with Crippen molar-refractivity contribution in [3.8, 4) is 5.69 Å². The molecule has 2 aromatic carbocycles. The molecule has 0 aliphatic heterocycles. The van der Waals surface area contributed by atoms with Crippen LogP contribution in [0.25, 0.3) is 16.6 Å². The summed E-state index contributed by atoms with van der Waals surface area (Å²) in [6.45, 7) is 1.79. The van der Waals surface area contributed by atoms with Crippen molar-refractivity contribution < 1.29 is 18.7 Å². The Balaban J connectivity index is 2.53. The van der Waals surface area contributed by atoms with Crippen molar-refractivity contribution in [3.05, 3.63) is 75.6 Å². The van der Waals surface area contributed by atoms with Gasteiger partial charge in [0.05, 0.1) is 10.9 Å². The third-order valence-electron chi connectivity index (χ3n) is 3.65. The van der Waals surface area contributed by atoms with Gasteiger partial charge in [0.2, 0.25) is 5.43 Å². The van der Waals surface area contributed by atoms with Gasteiger partial charge in [-0.2, -0.15) is 0 Å². The van der Waals surface area contributed by atoms with E-state index in [2.05, 4.69) is 0 Å². The van der Waals surface area contributed by atoms with E-state index >= 15 is 0 Å². The molecular weight excluding hydrogens is 304 g/mol. The van der Waals surface area contributed by atoms with E-state index in [-0.39, 0.29) is 10.9 Å². The van der Waals surface area contributed by atoms with Crippen molar-refractivity contribution in [1.29, 1.82) is 0 Å². The molecule has 0 saturated heterocycles. The number of pyridine rings is 1. The normalized spacial score (nSPS) is 10.9. The molecule has 0 bridgehead atoms. The molecule has 6 heteroatoms. The smallest absolute Gasteiger partial charge is 0.341 e. The molecule has 0 spiro atoms. The minimum atomic E-state index is -1.43. The topological polar surface area (TPSA) is 59.3 Å². The van der Waals surface area contributed by atoms with Crippen LogP contribution in [0.3, 0.4) is 0 Å². The highest BCUT2D eigenvalue weighted by Crippen LogP contribution is 2.22. The lowest BCUT2D eigenvalue weighted by molar-refractivity contribution is 0.0695. The summed E-state index contributed by atoms with van der Waals surface area (Å²) in [6, 6.07) is 8.64. The first-order valence-electron chi connectivity index (χ1n) is 6.74. The van der Waals surface area contributed by atoms with Gasteiger partial charge in [-0.3, -0.25) is 4.79 Å². The number of nitrogens with zero attached hydrogens (tertiary/aromatic N) is 1. The zero-order valence-corrected chi connectivity index (χ0v) is 12.0. The highest BCUT2D eigenvalue weighted by atomic mass is 19.2. The number of fused-ring (bicyclic) bond motifs is 1. The fourth-order valence-electron chi connectivity index (χ4n) is 2.51. The molecular formula is C17H11F2NO3. The third-order valence-corrected chi connectivity index (χ3v) is 3.65. The van der Waals surface area contributed by atoms with E-state index in [0.29, 0.717) is 5.69 Å². The molecule has 0 aliphatic carbocycles. The van der Waals surface area contributed by atoms with E-state index < -0.39 is 28.6 Å². The fourth-order valence-corrected chi connectivity index (χ4v) is 2.51. The van der Waals surface area contributed by atoms with E-state index in [0.717, 1.165) is 23.9 Å². The van der Waals surface area contributed by atoms with Crippen LogP contribution in [0.15, 0.2) is 47.4 Å². The third kappa shape index (κ3) is 2.38. The van der Waals surface area contributed by atoms with Crippen LogP contribution >= 0.6 is 0 Å². The zero-order valence-electron chi connectivity index (χ0n) is 12.0. The molecule has 1 heterocycles. The average molecular weight is 315 g/mol. The van der Waals surface area contributed by atoms with Crippen molar-refractivity contribution in [3.63, 3.8) is 0 Å². The van der Waals surface area contributed by atoms with Crippen LogP contribution in [0.1, 0.15) is 15.9 Å². The Morgan fingerprint density at radius 2 is 1.78 bits per heavy atom. The number of benzene rings is 2. The van der Waals surface area contributed by atoms with Gasteiger partial charge in [0, 0.05) is 18.0 Å². The van der Waals surface area contributed by atoms with Crippen molar-refractivity contribution >= 4 is 16.9 Å². The monoisotopic (exact) mass is 315 g/mol. The van der Waals surface area contributed by atoms with Gasteiger partial charge in [-0.25, -0.2) is 13.6 Å². The molecule has 0 amide bonds. The number of carbonyl (C=O) groups is 1. The van der Waals surface area contributed by atoms with Gasteiger partial charge in [-0.15, -0.1) is 0 Å².